The standard InChI is InChI=1S/C18H15F5O2S/c1-12-9-15(7-8-16(12)24-2)26-11-17(19,20)10-25-14-5-3-13(4-6-14)18(21,22)23/h2-9H,10-11H2,1H3. The van der Waals surface area contributed by atoms with Crippen LogP contribution in [0.25, 0.3) is 0 Å². The Morgan fingerprint density at radius 3 is 2.19 bits per heavy atom. The second-order valence-electron chi connectivity index (χ2n) is 5.50. The van der Waals surface area contributed by atoms with E-state index < -0.39 is 30.0 Å². The first-order chi connectivity index (χ1) is 12.1. The van der Waals surface area contributed by atoms with E-state index in [1.807, 2.05) is 0 Å². The second-order valence-corrected chi connectivity index (χ2v) is 6.55. The molecule has 0 amide bonds. The summed E-state index contributed by atoms with van der Waals surface area (Å²) in [6, 6.07) is 8.45. The highest BCUT2D eigenvalue weighted by Crippen LogP contribution is 2.32. The van der Waals surface area contributed by atoms with Gasteiger partial charge in [0.25, 0.3) is 5.92 Å². The maximum Gasteiger partial charge on any atom is 0.416 e. The zero-order valence-corrected chi connectivity index (χ0v) is 14.5. The first kappa shape index (κ1) is 20.4. The molecule has 0 aliphatic heterocycles. The predicted octanol–water partition coefficient (Wildman–Crippen LogP) is 5.87. The molecule has 0 N–H and O–H groups in total. The highest BCUT2D eigenvalue weighted by atomic mass is 32.2. The summed E-state index contributed by atoms with van der Waals surface area (Å²) in [4.78, 5) is 0.609. The lowest BCUT2D eigenvalue weighted by Gasteiger charge is -2.17. The molecule has 0 spiro atoms. The van der Waals surface area contributed by atoms with E-state index in [-0.39, 0.29) is 5.75 Å². The van der Waals surface area contributed by atoms with Gasteiger partial charge in [0.2, 0.25) is 0 Å². The van der Waals surface area contributed by atoms with Gasteiger partial charge in [-0.1, -0.05) is 0 Å². The zero-order chi connectivity index (χ0) is 19.4. The van der Waals surface area contributed by atoms with Gasteiger partial charge in [0.05, 0.1) is 11.3 Å². The van der Waals surface area contributed by atoms with Gasteiger partial charge in [-0.05, 0) is 55.0 Å². The molecular formula is C18H15F5O2S. The Morgan fingerprint density at radius 1 is 1.00 bits per heavy atom. The van der Waals surface area contributed by atoms with E-state index in [2.05, 4.69) is 4.74 Å². The van der Waals surface area contributed by atoms with Gasteiger partial charge in [0.15, 0.2) is 13.7 Å². The van der Waals surface area contributed by atoms with Crippen molar-refractivity contribution in [3.63, 3.8) is 0 Å². The Balaban J connectivity index is 1.89. The third kappa shape index (κ3) is 5.79. The van der Waals surface area contributed by atoms with E-state index in [1.54, 1.807) is 25.1 Å². The molecular weight excluding hydrogens is 375 g/mol. The Bertz CT molecular complexity index is 729. The minimum Gasteiger partial charge on any atom is -0.487 e. The summed E-state index contributed by atoms with van der Waals surface area (Å²) in [6.45, 7) is 0.798. The Morgan fingerprint density at radius 2 is 1.65 bits per heavy atom. The van der Waals surface area contributed by atoms with Crippen molar-refractivity contribution in [1.82, 2.24) is 0 Å². The highest BCUT2D eigenvalue weighted by Gasteiger charge is 2.32. The van der Waals surface area contributed by atoms with Gasteiger partial charge in [0, 0.05) is 4.90 Å². The number of ether oxygens (including phenoxy) is 2. The van der Waals surface area contributed by atoms with Crippen LogP contribution >= 0.6 is 11.8 Å². The topological polar surface area (TPSA) is 18.5 Å². The molecule has 0 atom stereocenters. The largest absolute Gasteiger partial charge is 0.487 e. The molecule has 0 aromatic heterocycles. The van der Waals surface area contributed by atoms with Crippen molar-refractivity contribution < 1.29 is 31.4 Å². The summed E-state index contributed by atoms with van der Waals surface area (Å²) in [7, 11) is 5.07. The SMILES string of the molecule is [CH]Oc1ccc(SCC(F)(F)COc2ccc(C(F)(F)F)cc2)cc1C. The van der Waals surface area contributed by atoms with Crippen molar-refractivity contribution in [2.45, 2.75) is 23.9 Å². The van der Waals surface area contributed by atoms with Crippen LogP contribution in [0.4, 0.5) is 22.0 Å². The minimum absolute atomic E-state index is 0.0528. The maximum atomic E-state index is 13.9. The summed E-state index contributed by atoms with van der Waals surface area (Å²) in [5.74, 6) is -3.31. The molecule has 2 rings (SSSR count). The molecule has 2 aromatic rings. The van der Waals surface area contributed by atoms with Crippen molar-refractivity contribution in [1.29, 1.82) is 0 Å². The molecule has 0 aliphatic carbocycles. The van der Waals surface area contributed by atoms with Gasteiger partial charge < -0.3 is 9.47 Å². The third-order valence-corrected chi connectivity index (χ3v) is 4.51. The second kappa shape index (κ2) is 8.16. The fraction of sp³-hybridized carbons (Fsp3) is 0.278. The van der Waals surface area contributed by atoms with E-state index >= 15 is 0 Å². The van der Waals surface area contributed by atoms with Crippen molar-refractivity contribution in [3.8, 4) is 11.5 Å². The van der Waals surface area contributed by atoms with Crippen molar-refractivity contribution in [2.24, 2.45) is 0 Å². The number of thioether (sulfide) groups is 1. The normalized spacial score (nSPS) is 12.1. The molecule has 2 nitrogen and oxygen atoms in total. The molecule has 0 bridgehead atoms. The zero-order valence-electron chi connectivity index (χ0n) is 13.6. The molecule has 26 heavy (non-hydrogen) atoms. The van der Waals surface area contributed by atoms with Crippen LogP contribution in [0.5, 0.6) is 11.5 Å². The van der Waals surface area contributed by atoms with Crippen LogP contribution in [0.1, 0.15) is 11.1 Å². The summed E-state index contributed by atoms with van der Waals surface area (Å²) < 4.78 is 74.8. The van der Waals surface area contributed by atoms with E-state index in [1.165, 1.54) is 0 Å². The number of hydrogen-bond acceptors (Lipinski definition) is 3. The maximum absolute atomic E-state index is 13.9. The number of benzene rings is 2. The van der Waals surface area contributed by atoms with Crippen molar-refractivity contribution in [2.75, 3.05) is 12.4 Å². The van der Waals surface area contributed by atoms with E-state index in [0.717, 1.165) is 36.0 Å². The number of aryl methyl sites for hydroxylation is 1. The van der Waals surface area contributed by atoms with Crippen LogP contribution in [-0.4, -0.2) is 18.3 Å². The molecule has 2 radical (unpaired) electrons. The number of alkyl halides is 5. The molecule has 140 valence electrons. The van der Waals surface area contributed by atoms with Crippen LogP contribution in [0, 0.1) is 14.0 Å². The smallest absolute Gasteiger partial charge is 0.416 e. The molecule has 2 aromatic carbocycles. The fourth-order valence-corrected chi connectivity index (χ4v) is 2.89. The molecule has 0 unspecified atom stereocenters. The molecule has 0 fully saturated rings. The lowest BCUT2D eigenvalue weighted by atomic mass is 10.2. The Labute approximate surface area is 152 Å². The molecule has 0 saturated heterocycles. The van der Waals surface area contributed by atoms with Crippen LogP contribution in [-0.2, 0) is 6.18 Å². The average molecular weight is 390 g/mol. The summed E-state index contributed by atoms with van der Waals surface area (Å²) in [6.07, 6.45) is -4.48. The molecule has 0 aliphatic rings. The molecule has 0 heterocycles. The summed E-state index contributed by atoms with van der Waals surface area (Å²) in [5.41, 5.74) is -0.158. The van der Waals surface area contributed by atoms with Crippen LogP contribution in [0.2, 0.25) is 0 Å². The monoisotopic (exact) mass is 390 g/mol. The van der Waals surface area contributed by atoms with E-state index in [4.69, 9.17) is 11.8 Å². The average Bonchev–Trinajstić information content (AvgIpc) is 2.58. The van der Waals surface area contributed by atoms with Crippen LogP contribution < -0.4 is 9.47 Å². The Hall–Kier alpha value is -1.96. The lowest BCUT2D eigenvalue weighted by Crippen LogP contribution is -2.28. The predicted molar refractivity (Wildman–Crippen MR) is 88.7 cm³/mol. The summed E-state index contributed by atoms with van der Waals surface area (Å²) in [5, 5.41) is 0. The van der Waals surface area contributed by atoms with Crippen LogP contribution in [0.15, 0.2) is 47.4 Å². The quantitative estimate of drug-likeness (QED) is 0.435. The first-order valence-electron chi connectivity index (χ1n) is 7.39. The highest BCUT2D eigenvalue weighted by molar-refractivity contribution is 7.99. The van der Waals surface area contributed by atoms with Crippen molar-refractivity contribution in [3.05, 3.63) is 60.7 Å². The Kier molecular flexibility index (Phi) is 6.39. The number of rotatable bonds is 7. The first-order valence-corrected chi connectivity index (χ1v) is 8.37. The van der Waals surface area contributed by atoms with Gasteiger partial charge in [-0.25, -0.2) is 8.78 Å². The fourth-order valence-electron chi connectivity index (χ4n) is 2.00. The van der Waals surface area contributed by atoms with Crippen LogP contribution in [0.3, 0.4) is 0 Å². The van der Waals surface area contributed by atoms with E-state index in [0.29, 0.717) is 16.2 Å². The van der Waals surface area contributed by atoms with Gasteiger partial charge in [0.1, 0.15) is 11.5 Å². The number of hydrogen-bond donors (Lipinski definition) is 0. The van der Waals surface area contributed by atoms with Gasteiger partial charge in [-0.2, -0.15) is 13.2 Å². The molecule has 8 heteroatoms. The summed E-state index contributed by atoms with van der Waals surface area (Å²) >= 11 is 0.927. The number of halogens is 5. The van der Waals surface area contributed by atoms with E-state index in [9.17, 15) is 22.0 Å². The van der Waals surface area contributed by atoms with Gasteiger partial charge >= 0.3 is 6.18 Å². The molecule has 0 saturated carbocycles. The lowest BCUT2D eigenvalue weighted by molar-refractivity contribution is -0.137. The minimum atomic E-state index is -4.48. The third-order valence-electron chi connectivity index (χ3n) is 3.36. The van der Waals surface area contributed by atoms with Gasteiger partial charge in [-0.3, -0.25) is 0 Å². The van der Waals surface area contributed by atoms with Crippen molar-refractivity contribution >= 4 is 11.8 Å². The van der Waals surface area contributed by atoms with Gasteiger partial charge in [-0.15, -0.1) is 11.8 Å².